The molecule has 0 N–H and O–H groups in total. The highest BCUT2D eigenvalue weighted by atomic mass is 16.6. The Morgan fingerprint density at radius 2 is 1.42 bits per heavy atom. The molecule has 0 fully saturated rings. The van der Waals surface area contributed by atoms with Crippen LogP contribution in [-0.2, 0) is 4.74 Å². The minimum Gasteiger partial charge on any atom is -0.456 e. The lowest BCUT2D eigenvalue weighted by Gasteiger charge is -2.31. The van der Waals surface area contributed by atoms with Gasteiger partial charge in [-0.05, 0) is 51.2 Å². The van der Waals surface area contributed by atoms with Gasteiger partial charge in [-0.3, -0.25) is 0 Å². The van der Waals surface area contributed by atoms with Crippen molar-refractivity contribution in [3.63, 3.8) is 0 Å². The van der Waals surface area contributed by atoms with E-state index in [4.69, 9.17) is 4.74 Å². The number of aryl methyl sites for hydroxylation is 3. The van der Waals surface area contributed by atoms with Crippen molar-refractivity contribution in [2.75, 3.05) is 0 Å². The van der Waals surface area contributed by atoms with Crippen LogP contribution in [0.5, 0.6) is 0 Å². The molecule has 0 amide bonds. The van der Waals surface area contributed by atoms with Crippen LogP contribution >= 0.6 is 0 Å². The van der Waals surface area contributed by atoms with Crippen LogP contribution in [0.4, 0.5) is 0 Å². The molecule has 0 atom stereocenters. The molecule has 0 spiro atoms. The maximum Gasteiger partial charge on any atom is 0.339 e. The summed E-state index contributed by atoms with van der Waals surface area (Å²) in [5.41, 5.74) is 3.59. The van der Waals surface area contributed by atoms with Gasteiger partial charge in [-0.15, -0.1) is 0 Å². The van der Waals surface area contributed by atoms with Gasteiger partial charge in [0.15, 0.2) is 0 Å². The van der Waals surface area contributed by atoms with Crippen molar-refractivity contribution in [1.29, 1.82) is 0 Å². The summed E-state index contributed by atoms with van der Waals surface area (Å²) in [5, 5.41) is 0. The Morgan fingerprint density at radius 1 is 1.00 bits per heavy atom. The molecule has 0 aromatic heterocycles. The maximum absolute atomic E-state index is 12.5. The number of carbonyl (C=O) groups excluding carboxylic acids is 1. The highest BCUT2D eigenvalue weighted by Gasteiger charge is 2.30. The Hall–Kier alpha value is -1.31. The summed E-state index contributed by atoms with van der Waals surface area (Å²) in [5.74, 6) is -0.180. The number of hydrogen-bond donors (Lipinski definition) is 0. The third kappa shape index (κ3) is 3.37. The molecule has 1 aromatic carbocycles. The quantitative estimate of drug-likeness (QED) is 0.717. The molecular weight excluding hydrogens is 236 g/mol. The lowest BCUT2D eigenvalue weighted by Crippen LogP contribution is -2.33. The smallest absolute Gasteiger partial charge is 0.339 e. The molecule has 2 heteroatoms. The standard InChI is InChI=1S/C17H26O2/c1-7-17(8-2,9-3)19-16(18)15-13(5)10-12(4)11-14(15)6/h10-11H,7-9H2,1-6H3. The first-order chi connectivity index (χ1) is 8.89. The van der Waals surface area contributed by atoms with Crippen molar-refractivity contribution in [3.8, 4) is 0 Å². The molecule has 1 rings (SSSR count). The van der Waals surface area contributed by atoms with Gasteiger partial charge in [-0.25, -0.2) is 4.79 Å². The number of esters is 1. The predicted octanol–water partition coefficient (Wildman–Crippen LogP) is 4.74. The molecule has 0 saturated carbocycles. The lowest BCUT2D eigenvalue weighted by molar-refractivity contribution is -0.0250. The third-order valence-electron chi connectivity index (χ3n) is 4.12. The number of ether oxygens (including phenoxy) is 1. The van der Waals surface area contributed by atoms with Crippen LogP contribution in [0, 0.1) is 20.8 Å². The van der Waals surface area contributed by atoms with E-state index in [1.54, 1.807) is 0 Å². The molecule has 0 aliphatic heterocycles. The zero-order chi connectivity index (χ0) is 14.6. The second kappa shape index (κ2) is 6.23. The molecule has 0 aliphatic carbocycles. The molecule has 0 saturated heterocycles. The van der Waals surface area contributed by atoms with Crippen LogP contribution < -0.4 is 0 Å². The Bertz CT molecular complexity index is 425. The van der Waals surface area contributed by atoms with Crippen LogP contribution in [-0.4, -0.2) is 11.6 Å². The van der Waals surface area contributed by atoms with Crippen molar-refractivity contribution in [2.24, 2.45) is 0 Å². The van der Waals surface area contributed by atoms with Crippen molar-refractivity contribution in [1.82, 2.24) is 0 Å². The number of benzene rings is 1. The third-order valence-corrected chi connectivity index (χ3v) is 4.12. The van der Waals surface area contributed by atoms with Crippen molar-refractivity contribution in [3.05, 3.63) is 34.4 Å². The van der Waals surface area contributed by atoms with Gasteiger partial charge in [-0.2, -0.15) is 0 Å². The number of hydrogen-bond acceptors (Lipinski definition) is 2. The molecular formula is C17H26O2. The van der Waals surface area contributed by atoms with E-state index in [0.29, 0.717) is 0 Å². The zero-order valence-corrected chi connectivity index (χ0v) is 13.1. The van der Waals surface area contributed by atoms with Crippen molar-refractivity contribution < 1.29 is 9.53 Å². The summed E-state index contributed by atoms with van der Waals surface area (Å²) in [4.78, 5) is 12.5. The fourth-order valence-electron chi connectivity index (χ4n) is 2.72. The van der Waals surface area contributed by atoms with Gasteiger partial charge in [0, 0.05) is 0 Å². The normalized spacial score (nSPS) is 11.5. The van der Waals surface area contributed by atoms with Crippen LogP contribution in [0.1, 0.15) is 67.1 Å². The van der Waals surface area contributed by atoms with E-state index in [1.165, 1.54) is 5.56 Å². The van der Waals surface area contributed by atoms with E-state index in [2.05, 4.69) is 20.8 Å². The van der Waals surface area contributed by atoms with Crippen LogP contribution in [0.15, 0.2) is 12.1 Å². The first kappa shape index (κ1) is 15.7. The Balaban J connectivity index is 3.08. The molecule has 0 radical (unpaired) electrons. The average molecular weight is 262 g/mol. The van der Waals surface area contributed by atoms with Crippen LogP contribution in [0.25, 0.3) is 0 Å². The Kier molecular flexibility index (Phi) is 5.16. The summed E-state index contributed by atoms with van der Waals surface area (Å²) in [7, 11) is 0. The molecule has 2 nitrogen and oxygen atoms in total. The Labute approximate surface area is 117 Å². The lowest BCUT2D eigenvalue weighted by atomic mass is 9.93. The van der Waals surface area contributed by atoms with Gasteiger partial charge >= 0.3 is 5.97 Å². The van der Waals surface area contributed by atoms with E-state index in [0.717, 1.165) is 36.0 Å². The largest absolute Gasteiger partial charge is 0.456 e. The van der Waals surface area contributed by atoms with Gasteiger partial charge < -0.3 is 4.74 Å². The summed E-state index contributed by atoms with van der Waals surface area (Å²) in [6.45, 7) is 12.2. The van der Waals surface area contributed by atoms with Crippen molar-refractivity contribution >= 4 is 5.97 Å². The van der Waals surface area contributed by atoms with Gasteiger partial charge in [0.25, 0.3) is 0 Å². The monoisotopic (exact) mass is 262 g/mol. The first-order valence-corrected chi connectivity index (χ1v) is 7.20. The molecule has 106 valence electrons. The topological polar surface area (TPSA) is 26.3 Å². The Morgan fingerprint density at radius 3 is 1.79 bits per heavy atom. The van der Waals surface area contributed by atoms with E-state index >= 15 is 0 Å². The molecule has 0 heterocycles. The van der Waals surface area contributed by atoms with Gasteiger partial charge in [-0.1, -0.05) is 38.5 Å². The number of carbonyl (C=O) groups is 1. The predicted molar refractivity (Wildman–Crippen MR) is 79.7 cm³/mol. The minimum absolute atomic E-state index is 0.180. The molecule has 1 aromatic rings. The summed E-state index contributed by atoms with van der Waals surface area (Å²) in [6.07, 6.45) is 2.57. The SMILES string of the molecule is CCC(CC)(CC)OC(=O)c1c(C)cc(C)cc1C. The van der Waals surface area contributed by atoms with E-state index in [1.807, 2.05) is 32.9 Å². The highest BCUT2D eigenvalue weighted by Crippen LogP contribution is 2.27. The van der Waals surface area contributed by atoms with Gasteiger partial charge in [0.1, 0.15) is 5.60 Å². The number of rotatable bonds is 5. The molecule has 0 aliphatic rings. The molecule has 0 unspecified atom stereocenters. The van der Waals surface area contributed by atoms with E-state index in [-0.39, 0.29) is 11.6 Å². The van der Waals surface area contributed by atoms with E-state index in [9.17, 15) is 4.79 Å². The fourth-order valence-corrected chi connectivity index (χ4v) is 2.72. The molecule has 19 heavy (non-hydrogen) atoms. The zero-order valence-electron chi connectivity index (χ0n) is 13.1. The second-order valence-electron chi connectivity index (χ2n) is 5.41. The average Bonchev–Trinajstić information content (AvgIpc) is 2.35. The summed E-state index contributed by atoms with van der Waals surface area (Å²) >= 11 is 0. The second-order valence-corrected chi connectivity index (χ2v) is 5.41. The maximum atomic E-state index is 12.5. The summed E-state index contributed by atoms with van der Waals surface area (Å²) in [6, 6.07) is 4.07. The van der Waals surface area contributed by atoms with E-state index < -0.39 is 0 Å². The fraction of sp³-hybridized carbons (Fsp3) is 0.588. The molecule has 0 bridgehead atoms. The first-order valence-electron chi connectivity index (χ1n) is 7.20. The van der Waals surface area contributed by atoms with Crippen molar-refractivity contribution in [2.45, 2.75) is 66.4 Å². The summed E-state index contributed by atoms with van der Waals surface area (Å²) < 4.78 is 5.83. The minimum atomic E-state index is -0.319. The highest BCUT2D eigenvalue weighted by molar-refractivity contribution is 5.93. The van der Waals surface area contributed by atoms with Gasteiger partial charge in [0.2, 0.25) is 0 Å². The van der Waals surface area contributed by atoms with Crippen LogP contribution in [0.2, 0.25) is 0 Å². The van der Waals surface area contributed by atoms with Gasteiger partial charge in [0.05, 0.1) is 5.56 Å². The van der Waals surface area contributed by atoms with Crippen LogP contribution in [0.3, 0.4) is 0 Å².